The zero-order valence-electron chi connectivity index (χ0n) is 17.6. The van der Waals surface area contributed by atoms with E-state index in [-0.39, 0.29) is 11.9 Å². The Bertz CT molecular complexity index is 1180. The quantitative estimate of drug-likeness (QED) is 0.423. The molecule has 6 heteroatoms. The smallest absolute Gasteiger partial charge is 0.265 e. The van der Waals surface area contributed by atoms with Crippen LogP contribution in [0.2, 0.25) is 0 Å². The van der Waals surface area contributed by atoms with Crippen molar-refractivity contribution in [3.8, 4) is 0 Å². The molecule has 1 aliphatic heterocycles. The van der Waals surface area contributed by atoms with Crippen molar-refractivity contribution >= 4 is 33.8 Å². The largest absolute Gasteiger partial charge is 0.358 e. The summed E-state index contributed by atoms with van der Waals surface area (Å²) in [5, 5.41) is 6.12. The lowest BCUT2D eigenvalue weighted by Gasteiger charge is -2.34. The van der Waals surface area contributed by atoms with Crippen LogP contribution in [-0.2, 0) is 0 Å². The van der Waals surface area contributed by atoms with Gasteiger partial charge < -0.3 is 10.3 Å². The Morgan fingerprint density at radius 3 is 2.74 bits per heavy atom. The molecule has 158 valence electrons. The van der Waals surface area contributed by atoms with Gasteiger partial charge in [-0.05, 0) is 74.6 Å². The van der Waals surface area contributed by atoms with E-state index in [0.29, 0.717) is 4.88 Å². The summed E-state index contributed by atoms with van der Waals surface area (Å²) in [6, 6.07) is 16.1. The van der Waals surface area contributed by atoms with Gasteiger partial charge in [-0.25, -0.2) is 0 Å². The van der Waals surface area contributed by atoms with Crippen LogP contribution in [0.1, 0.15) is 51.9 Å². The molecule has 1 saturated heterocycles. The van der Waals surface area contributed by atoms with Crippen LogP contribution < -0.4 is 5.32 Å². The number of amides is 1. The van der Waals surface area contributed by atoms with Crippen molar-refractivity contribution < 1.29 is 4.79 Å². The van der Waals surface area contributed by atoms with Gasteiger partial charge in [-0.15, -0.1) is 11.3 Å². The average molecular weight is 431 g/mol. The molecule has 31 heavy (non-hydrogen) atoms. The number of anilines is 1. The Kier molecular flexibility index (Phi) is 5.57. The second-order valence-corrected chi connectivity index (χ2v) is 9.06. The Morgan fingerprint density at radius 2 is 2.00 bits per heavy atom. The van der Waals surface area contributed by atoms with Gasteiger partial charge in [0.1, 0.15) is 0 Å². The van der Waals surface area contributed by atoms with E-state index in [1.54, 1.807) is 0 Å². The van der Waals surface area contributed by atoms with E-state index in [1.165, 1.54) is 36.2 Å². The number of hydrogen-bond donors (Lipinski definition) is 2. The third-order valence-electron chi connectivity index (χ3n) is 6.04. The maximum absolute atomic E-state index is 12.6. The first-order valence-corrected chi connectivity index (χ1v) is 11.7. The fraction of sp³-hybridized carbons (Fsp3) is 0.280. The summed E-state index contributed by atoms with van der Waals surface area (Å²) in [7, 11) is 0. The summed E-state index contributed by atoms with van der Waals surface area (Å²) in [6.45, 7) is 4.28. The molecular weight excluding hydrogens is 404 g/mol. The number of thiophene rings is 1. The number of nitrogens with one attached hydrogen (secondary N) is 2. The highest BCUT2D eigenvalue weighted by atomic mass is 32.1. The molecule has 0 aliphatic carbocycles. The highest BCUT2D eigenvalue weighted by Gasteiger charge is 2.29. The molecule has 2 N–H and O–H groups in total. The summed E-state index contributed by atoms with van der Waals surface area (Å²) < 4.78 is 0. The molecule has 0 spiro atoms. The number of aryl methyl sites for hydroxylation is 1. The maximum Gasteiger partial charge on any atom is 0.265 e. The van der Waals surface area contributed by atoms with E-state index in [9.17, 15) is 4.79 Å². The van der Waals surface area contributed by atoms with E-state index >= 15 is 0 Å². The fourth-order valence-electron chi connectivity index (χ4n) is 4.61. The predicted molar refractivity (Wildman–Crippen MR) is 127 cm³/mol. The molecule has 5 rings (SSSR count). The Labute approximate surface area is 186 Å². The Hall–Kier alpha value is -2.96. The number of rotatable bonds is 5. The number of piperidine rings is 1. The highest BCUT2D eigenvalue weighted by molar-refractivity contribution is 7.12. The number of pyridine rings is 1. The lowest BCUT2D eigenvalue weighted by atomic mass is 9.95. The van der Waals surface area contributed by atoms with Crippen molar-refractivity contribution in [2.45, 2.75) is 32.2 Å². The molecule has 0 radical (unpaired) electrons. The molecule has 1 aliphatic rings. The normalized spacial score (nSPS) is 15.8. The molecule has 4 aromatic rings. The van der Waals surface area contributed by atoms with Crippen molar-refractivity contribution in [2.75, 3.05) is 18.4 Å². The average Bonchev–Trinajstić information content (AvgIpc) is 3.44. The SMILES string of the molecule is Cc1[nH]c2ccc(NC(=O)c3cccs3)cc2c1C(c1ccccn1)N1CCCCC1. The van der Waals surface area contributed by atoms with Gasteiger partial charge in [0.15, 0.2) is 0 Å². The molecule has 0 bridgehead atoms. The van der Waals surface area contributed by atoms with Crippen LogP contribution in [0.15, 0.2) is 60.1 Å². The number of hydrogen-bond acceptors (Lipinski definition) is 4. The zero-order valence-corrected chi connectivity index (χ0v) is 18.4. The van der Waals surface area contributed by atoms with Gasteiger partial charge in [-0.3, -0.25) is 14.7 Å². The van der Waals surface area contributed by atoms with E-state index in [0.717, 1.165) is 41.1 Å². The van der Waals surface area contributed by atoms with E-state index in [4.69, 9.17) is 4.98 Å². The third-order valence-corrected chi connectivity index (χ3v) is 6.90. The number of likely N-dealkylation sites (tertiary alicyclic amines) is 1. The fourth-order valence-corrected chi connectivity index (χ4v) is 5.23. The van der Waals surface area contributed by atoms with Crippen LogP contribution in [0.3, 0.4) is 0 Å². The van der Waals surface area contributed by atoms with Crippen LogP contribution in [0.25, 0.3) is 10.9 Å². The minimum atomic E-state index is -0.0690. The Balaban J connectivity index is 1.58. The molecule has 0 saturated carbocycles. The van der Waals surface area contributed by atoms with Crippen molar-refractivity contribution in [3.05, 3.63) is 81.9 Å². The topological polar surface area (TPSA) is 61.0 Å². The van der Waals surface area contributed by atoms with Crippen LogP contribution in [0.5, 0.6) is 0 Å². The standard InChI is InChI=1S/C25H26N4OS/c1-17-23(24(21-8-3-4-12-26-21)29-13-5-2-6-14-29)19-16-18(10-11-20(19)27-17)28-25(30)22-9-7-15-31-22/h3-4,7-12,15-16,24,27H,2,5-6,13-14H2,1H3,(H,28,30). The van der Waals surface area contributed by atoms with Crippen LogP contribution in [0, 0.1) is 6.92 Å². The zero-order chi connectivity index (χ0) is 21.2. The van der Waals surface area contributed by atoms with Gasteiger partial charge in [0.05, 0.1) is 16.6 Å². The first-order chi connectivity index (χ1) is 15.2. The van der Waals surface area contributed by atoms with E-state index in [2.05, 4.69) is 46.4 Å². The summed E-state index contributed by atoms with van der Waals surface area (Å²) in [6.07, 6.45) is 5.60. The van der Waals surface area contributed by atoms with Gasteiger partial charge in [0.2, 0.25) is 0 Å². The monoisotopic (exact) mass is 430 g/mol. The minimum absolute atomic E-state index is 0.0690. The molecular formula is C25H26N4OS. The first kappa shape index (κ1) is 20.0. The Morgan fingerprint density at radius 1 is 1.13 bits per heavy atom. The van der Waals surface area contributed by atoms with Crippen molar-refractivity contribution in [1.29, 1.82) is 0 Å². The van der Waals surface area contributed by atoms with Gasteiger partial charge in [0, 0.05) is 34.0 Å². The molecule has 4 heterocycles. The summed E-state index contributed by atoms with van der Waals surface area (Å²) in [5.41, 5.74) is 5.37. The number of benzene rings is 1. The minimum Gasteiger partial charge on any atom is -0.358 e. The van der Waals surface area contributed by atoms with Crippen molar-refractivity contribution in [3.63, 3.8) is 0 Å². The van der Waals surface area contributed by atoms with Crippen LogP contribution >= 0.6 is 11.3 Å². The predicted octanol–water partition coefficient (Wildman–Crippen LogP) is 5.76. The first-order valence-electron chi connectivity index (χ1n) is 10.8. The van der Waals surface area contributed by atoms with E-state index in [1.807, 2.05) is 35.8 Å². The van der Waals surface area contributed by atoms with Gasteiger partial charge in [-0.1, -0.05) is 18.6 Å². The van der Waals surface area contributed by atoms with Crippen LogP contribution in [-0.4, -0.2) is 33.9 Å². The number of aromatic nitrogens is 2. The number of nitrogens with zero attached hydrogens (tertiary/aromatic N) is 2. The summed E-state index contributed by atoms with van der Waals surface area (Å²) in [5.74, 6) is -0.0690. The lowest BCUT2D eigenvalue weighted by Crippen LogP contribution is -2.35. The molecule has 3 aromatic heterocycles. The lowest BCUT2D eigenvalue weighted by molar-refractivity contribution is 0.103. The summed E-state index contributed by atoms with van der Waals surface area (Å²) >= 11 is 1.45. The van der Waals surface area contributed by atoms with Gasteiger partial charge >= 0.3 is 0 Å². The second-order valence-electron chi connectivity index (χ2n) is 8.11. The van der Waals surface area contributed by atoms with Gasteiger partial charge in [-0.2, -0.15) is 0 Å². The van der Waals surface area contributed by atoms with Crippen molar-refractivity contribution in [1.82, 2.24) is 14.9 Å². The molecule has 1 unspecified atom stereocenters. The van der Waals surface area contributed by atoms with Gasteiger partial charge in [0.25, 0.3) is 5.91 Å². The molecule has 5 nitrogen and oxygen atoms in total. The molecule has 1 fully saturated rings. The second kappa shape index (κ2) is 8.65. The molecule has 1 atom stereocenters. The third kappa shape index (κ3) is 4.01. The van der Waals surface area contributed by atoms with E-state index < -0.39 is 0 Å². The number of fused-ring (bicyclic) bond motifs is 1. The molecule has 1 aromatic carbocycles. The number of aromatic amines is 1. The highest BCUT2D eigenvalue weighted by Crippen LogP contribution is 2.37. The number of H-pyrrole nitrogens is 1. The maximum atomic E-state index is 12.6. The van der Waals surface area contributed by atoms with Crippen LogP contribution in [0.4, 0.5) is 5.69 Å². The molecule has 1 amide bonds. The number of carbonyl (C=O) groups excluding carboxylic acids is 1. The number of carbonyl (C=O) groups is 1. The summed E-state index contributed by atoms with van der Waals surface area (Å²) in [4.78, 5) is 24.1. The van der Waals surface area contributed by atoms with Crippen molar-refractivity contribution in [2.24, 2.45) is 0 Å².